The highest BCUT2D eigenvalue weighted by molar-refractivity contribution is 7.99. The average Bonchev–Trinajstić information content (AvgIpc) is 2.72. The van der Waals surface area contributed by atoms with Gasteiger partial charge < -0.3 is 10.1 Å². The van der Waals surface area contributed by atoms with Gasteiger partial charge in [-0.2, -0.15) is 0 Å². The van der Waals surface area contributed by atoms with Crippen LogP contribution in [-0.2, 0) is 11.3 Å². The fraction of sp³-hybridized carbons (Fsp3) is 0.909. The minimum Gasteiger partial charge on any atom is -0.381 e. The molecule has 1 atom stereocenters. The van der Waals surface area contributed by atoms with Gasteiger partial charge in [-0.1, -0.05) is 11.8 Å². The van der Waals surface area contributed by atoms with Crippen molar-refractivity contribution in [2.75, 3.05) is 19.4 Å². The molecule has 6 nitrogen and oxygen atoms in total. The van der Waals surface area contributed by atoms with Gasteiger partial charge in [-0.3, -0.25) is 0 Å². The van der Waals surface area contributed by atoms with Gasteiger partial charge in [0.1, 0.15) is 0 Å². The lowest BCUT2D eigenvalue weighted by atomic mass is 10.1. The first-order valence-electron chi connectivity index (χ1n) is 6.09. The highest BCUT2D eigenvalue weighted by Gasteiger charge is 2.11. The molecular formula is C11H23N5OS. The molecule has 0 fully saturated rings. The van der Waals surface area contributed by atoms with Crippen LogP contribution in [0.15, 0.2) is 5.16 Å². The molecule has 1 aromatic rings. The molecule has 0 aliphatic carbocycles. The zero-order valence-electron chi connectivity index (χ0n) is 11.8. The number of nitrogens with one attached hydrogen (secondary N) is 1. The van der Waals surface area contributed by atoms with Crippen molar-refractivity contribution >= 4 is 11.8 Å². The molecule has 0 saturated carbocycles. The lowest BCUT2D eigenvalue weighted by molar-refractivity contribution is 0.137. The van der Waals surface area contributed by atoms with Gasteiger partial charge in [0, 0.05) is 24.9 Å². The maximum Gasteiger partial charge on any atom is 0.209 e. The molecule has 0 saturated heterocycles. The van der Waals surface area contributed by atoms with E-state index in [2.05, 4.69) is 41.6 Å². The van der Waals surface area contributed by atoms with Gasteiger partial charge in [0.2, 0.25) is 5.16 Å². The van der Waals surface area contributed by atoms with Gasteiger partial charge in [-0.15, -0.1) is 5.10 Å². The summed E-state index contributed by atoms with van der Waals surface area (Å²) in [7, 11) is 1.71. The van der Waals surface area contributed by atoms with Gasteiger partial charge in [0.25, 0.3) is 0 Å². The predicted octanol–water partition coefficient (Wildman–Crippen LogP) is 1.19. The number of aromatic nitrogens is 4. The van der Waals surface area contributed by atoms with Crippen molar-refractivity contribution in [3.63, 3.8) is 0 Å². The summed E-state index contributed by atoms with van der Waals surface area (Å²) < 4.78 is 7.03. The lowest BCUT2D eigenvalue weighted by Gasteiger charge is -2.20. The number of thioether (sulfide) groups is 1. The van der Waals surface area contributed by atoms with Crippen molar-refractivity contribution in [3.05, 3.63) is 0 Å². The Morgan fingerprint density at radius 3 is 2.78 bits per heavy atom. The van der Waals surface area contributed by atoms with E-state index >= 15 is 0 Å². The summed E-state index contributed by atoms with van der Waals surface area (Å²) >= 11 is 1.62. The van der Waals surface area contributed by atoms with Crippen molar-refractivity contribution in [1.29, 1.82) is 0 Å². The zero-order chi connectivity index (χ0) is 13.6. The monoisotopic (exact) mass is 273 g/mol. The van der Waals surface area contributed by atoms with E-state index in [9.17, 15) is 0 Å². The van der Waals surface area contributed by atoms with Crippen molar-refractivity contribution in [1.82, 2.24) is 25.5 Å². The normalized spacial score (nSPS) is 13.8. The molecule has 0 amide bonds. The first-order valence-corrected chi connectivity index (χ1v) is 7.07. The number of hydrogen-bond acceptors (Lipinski definition) is 6. The fourth-order valence-corrected chi connectivity index (χ4v) is 2.13. The Hall–Kier alpha value is -0.660. The van der Waals surface area contributed by atoms with Crippen LogP contribution < -0.4 is 5.32 Å². The van der Waals surface area contributed by atoms with E-state index < -0.39 is 0 Å². The number of rotatable bonds is 7. The molecule has 0 aliphatic rings. The topological polar surface area (TPSA) is 64.9 Å². The SMILES string of the molecule is COC(C)CSc1nnnn1CCNC(C)(C)C. The van der Waals surface area contributed by atoms with Crippen molar-refractivity contribution in [3.8, 4) is 0 Å². The van der Waals surface area contributed by atoms with Crippen molar-refractivity contribution in [2.24, 2.45) is 0 Å². The van der Waals surface area contributed by atoms with Crippen molar-refractivity contribution < 1.29 is 4.74 Å². The molecule has 1 aromatic heterocycles. The highest BCUT2D eigenvalue weighted by atomic mass is 32.2. The van der Waals surface area contributed by atoms with E-state index in [0.717, 1.165) is 24.0 Å². The Morgan fingerprint density at radius 2 is 2.17 bits per heavy atom. The second-order valence-electron chi connectivity index (χ2n) is 5.22. The van der Waals surface area contributed by atoms with E-state index in [1.807, 2.05) is 11.6 Å². The largest absolute Gasteiger partial charge is 0.381 e. The van der Waals surface area contributed by atoms with Gasteiger partial charge in [0.15, 0.2) is 0 Å². The summed E-state index contributed by atoms with van der Waals surface area (Å²) in [5.41, 5.74) is 0.117. The second kappa shape index (κ2) is 7.06. The summed E-state index contributed by atoms with van der Waals surface area (Å²) in [6.07, 6.45) is 0.202. The van der Waals surface area contributed by atoms with Crippen LogP contribution in [-0.4, -0.2) is 51.3 Å². The predicted molar refractivity (Wildman–Crippen MR) is 72.8 cm³/mol. The molecule has 0 radical (unpaired) electrons. The molecule has 1 heterocycles. The molecule has 18 heavy (non-hydrogen) atoms. The summed E-state index contributed by atoms with van der Waals surface area (Å²) in [6.45, 7) is 10.1. The Balaban J connectivity index is 2.40. The molecule has 1 N–H and O–H groups in total. The van der Waals surface area contributed by atoms with Crippen LogP contribution in [0.2, 0.25) is 0 Å². The Bertz CT molecular complexity index is 349. The third kappa shape index (κ3) is 5.79. The molecule has 1 rings (SSSR count). The van der Waals surface area contributed by atoms with E-state index in [1.165, 1.54) is 0 Å². The van der Waals surface area contributed by atoms with Crippen molar-refractivity contribution in [2.45, 2.75) is 51.0 Å². The van der Waals surface area contributed by atoms with Crippen LogP contribution in [0.4, 0.5) is 0 Å². The zero-order valence-corrected chi connectivity index (χ0v) is 12.6. The quantitative estimate of drug-likeness (QED) is 0.753. The summed E-state index contributed by atoms with van der Waals surface area (Å²) in [4.78, 5) is 0. The Morgan fingerprint density at radius 1 is 1.44 bits per heavy atom. The van der Waals surface area contributed by atoms with Crippen LogP contribution >= 0.6 is 11.8 Å². The van der Waals surface area contributed by atoms with Gasteiger partial charge in [-0.25, -0.2) is 4.68 Å². The van der Waals surface area contributed by atoms with Crippen LogP contribution in [0.3, 0.4) is 0 Å². The first-order chi connectivity index (χ1) is 8.42. The third-order valence-corrected chi connectivity index (χ3v) is 3.51. The first kappa shape index (κ1) is 15.4. The highest BCUT2D eigenvalue weighted by Crippen LogP contribution is 2.15. The van der Waals surface area contributed by atoms with Crippen LogP contribution in [0.25, 0.3) is 0 Å². The number of methoxy groups -OCH3 is 1. The number of tetrazole rings is 1. The molecule has 0 aliphatic heterocycles. The van der Waals surface area contributed by atoms with Crippen LogP contribution in [0.1, 0.15) is 27.7 Å². The van der Waals surface area contributed by atoms with E-state index in [1.54, 1.807) is 18.9 Å². The van der Waals surface area contributed by atoms with E-state index in [-0.39, 0.29) is 11.6 Å². The van der Waals surface area contributed by atoms with Gasteiger partial charge in [-0.05, 0) is 38.1 Å². The standard InChI is InChI=1S/C11H23N5OS/c1-9(17-5)8-18-10-13-14-15-16(10)7-6-12-11(2,3)4/h9,12H,6-8H2,1-5H3. The number of nitrogens with zero attached hydrogens (tertiary/aromatic N) is 4. The maximum absolute atomic E-state index is 5.20. The molecule has 104 valence electrons. The molecule has 1 unspecified atom stereocenters. The molecule has 7 heteroatoms. The minimum absolute atomic E-state index is 0.117. The van der Waals surface area contributed by atoms with Gasteiger partial charge >= 0.3 is 0 Å². The minimum atomic E-state index is 0.117. The lowest BCUT2D eigenvalue weighted by Crippen LogP contribution is -2.38. The fourth-order valence-electron chi connectivity index (χ4n) is 1.24. The Labute approximate surface area is 113 Å². The smallest absolute Gasteiger partial charge is 0.209 e. The maximum atomic E-state index is 5.20. The van der Waals surface area contributed by atoms with Crippen LogP contribution in [0.5, 0.6) is 0 Å². The Kier molecular flexibility index (Phi) is 6.04. The number of hydrogen-bond donors (Lipinski definition) is 1. The molecular weight excluding hydrogens is 250 g/mol. The third-order valence-electron chi connectivity index (χ3n) is 2.33. The van der Waals surface area contributed by atoms with Crippen LogP contribution in [0, 0.1) is 0 Å². The summed E-state index contributed by atoms with van der Waals surface area (Å²) in [5.74, 6) is 0.851. The van der Waals surface area contributed by atoms with E-state index in [4.69, 9.17) is 4.74 Å². The summed E-state index contributed by atoms with van der Waals surface area (Å²) in [6, 6.07) is 0. The average molecular weight is 273 g/mol. The number of ether oxygens (including phenoxy) is 1. The van der Waals surface area contributed by atoms with Gasteiger partial charge in [0.05, 0.1) is 12.6 Å². The molecule has 0 spiro atoms. The molecule has 0 aromatic carbocycles. The van der Waals surface area contributed by atoms with E-state index in [0.29, 0.717) is 0 Å². The summed E-state index contributed by atoms with van der Waals surface area (Å²) in [5, 5.41) is 16.0. The second-order valence-corrected chi connectivity index (χ2v) is 6.21. The molecule has 0 bridgehead atoms.